The minimum atomic E-state index is -0.419. The molecule has 7 heteroatoms. The van der Waals surface area contributed by atoms with E-state index in [2.05, 4.69) is 15.6 Å². The first kappa shape index (κ1) is 17.4. The van der Waals surface area contributed by atoms with Crippen LogP contribution in [0.25, 0.3) is 0 Å². The fourth-order valence-corrected chi connectivity index (χ4v) is 2.00. The SMILES string of the molecule is COCCNC(=O)c1ccnc(Nc2cccc(C(=O)OC)c2)c1. The summed E-state index contributed by atoms with van der Waals surface area (Å²) in [4.78, 5) is 27.8. The Bertz CT molecular complexity index is 718. The molecule has 2 N–H and O–H groups in total. The second-order valence-electron chi connectivity index (χ2n) is 4.88. The van der Waals surface area contributed by atoms with Crippen LogP contribution in [0.15, 0.2) is 42.6 Å². The summed E-state index contributed by atoms with van der Waals surface area (Å²) in [6.45, 7) is 0.879. The van der Waals surface area contributed by atoms with E-state index in [-0.39, 0.29) is 5.91 Å². The van der Waals surface area contributed by atoms with Gasteiger partial charge in [-0.2, -0.15) is 0 Å². The van der Waals surface area contributed by atoms with Gasteiger partial charge in [0, 0.05) is 31.1 Å². The molecule has 7 nitrogen and oxygen atoms in total. The van der Waals surface area contributed by atoms with Crippen LogP contribution in [0.3, 0.4) is 0 Å². The molecule has 1 aromatic heterocycles. The summed E-state index contributed by atoms with van der Waals surface area (Å²) in [6, 6.07) is 10.1. The average molecular weight is 329 g/mol. The number of ether oxygens (including phenoxy) is 2. The van der Waals surface area contributed by atoms with Crippen molar-refractivity contribution in [2.45, 2.75) is 0 Å². The molecule has 2 aromatic rings. The van der Waals surface area contributed by atoms with Crippen LogP contribution in [-0.2, 0) is 9.47 Å². The van der Waals surface area contributed by atoms with Gasteiger partial charge in [-0.1, -0.05) is 6.07 Å². The number of amides is 1. The standard InChI is InChI=1S/C17H19N3O4/c1-23-9-8-19-16(21)12-6-7-18-15(11-12)20-14-5-3-4-13(10-14)17(22)24-2/h3-7,10-11H,8-9H2,1-2H3,(H,18,20)(H,19,21). The molecular weight excluding hydrogens is 310 g/mol. The van der Waals surface area contributed by atoms with Gasteiger partial charge in [0.15, 0.2) is 0 Å². The molecule has 0 saturated carbocycles. The topological polar surface area (TPSA) is 89.5 Å². The first-order valence-corrected chi connectivity index (χ1v) is 7.32. The molecule has 24 heavy (non-hydrogen) atoms. The van der Waals surface area contributed by atoms with Crippen LogP contribution in [0.4, 0.5) is 11.5 Å². The number of hydrogen-bond acceptors (Lipinski definition) is 6. The lowest BCUT2D eigenvalue weighted by Crippen LogP contribution is -2.27. The quantitative estimate of drug-likeness (QED) is 0.596. The van der Waals surface area contributed by atoms with Crippen molar-refractivity contribution >= 4 is 23.4 Å². The Hall–Kier alpha value is -2.93. The van der Waals surface area contributed by atoms with Crippen LogP contribution in [0, 0.1) is 0 Å². The van der Waals surface area contributed by atoms with Gasteiger partial charge in [-0.15, -0.1) is 0 Å². The minimum absolute atomic E-state index is 0.208. The highest BCUT2D eigenvalue weighted by Gasteiger charge is 2.08. The summed E-state index contributed by atoms with van der Waals surface area (Å²) < 4.78 is 9.59. The van der Waals surface area contributed by atoms with Crippen molar-refractivity contribution in [1.29, 1.82) is 0 Å². The first-order chi connectivity index (χ1) is 11.6. The second kappa shape index (κ2) is 8.64. The van der Waals surface area contributed by atoms with Crippen LogP contribution in [0.1, 0.15) is 20.7 Å². The van der Waals surface area contributed by atoms with E-state index in [1.807, 2.05) is 0 Å². The summed E-state index contributed by atoms with van der Waals surface area (Å²) in [5.74, 6) is -0.130. The Balaban J connectivity index is 2.09. The van der Waals surface area contributed by atoms with E-state index in [0.29, 0.717) is 35.8 Å². The van der Waals surface area contributed by atoms with Gasteiger partial charge in [0.2, 0.25) is 0 Å². The summed E-state index contributed by atoms with van der Waals surface area (Å²) in [5.41, 5.74) is 1.58. The van der Waals surface area contributed by atoms with Gasteiger partial charge in [-0.25, -0.2) is 9.78 Å². The molecule has 0 unspecified atom stereocenters. The number of nitrogens with one attached hydrogen (secondary N) is 2. The molecule has 0 aliphatic carbocycles. The molecule has 1 aromatic carbocycles. The van der Waals surface area contributed by atoms with E-state index < -0.39 is 5.97 Å². The number of methoxy groups -OCH3 is 2. The third kappa shape index (κ3) is 4.79. The Morgan fingerprint density at radius 1 is 1.12 bits per heavy atom. The third-order valence-electron chi connectivity index (χ3n) is 3.17. The van der Waals surface area contributed by atoms with E-state index in [0.717, 1.165) is 0 Å². The van der Waals surface area contributed by atoms with Crippen molar-refractivity contribution in [3.8, 4) is 0 Å². The second-order valence-corrected chi connectivity index (χ2v) is 4.88. The van der Waals surface area contributed by atoms with Crippen LogP contribution in [-0.4, -0.2) is 44.2 Å². The van der Waals surface area contributed by atoms with Crippen LogP contribution in [0.2, 0.25) is 0 Å². The monoisotopic (exact) mass is 329 g/mol. The first-order valence-electron chi connectivity index (χ1n) is 7.32. The summed E-state index contributed by atoms with van der Waals surface area (Å²) >= 11 is 0. The van der Waals surface area contributed by atoms with E-state index in [4.69, 9.17) is 9.47 Å². The molecule has 1 heterocycles. The molecule has 0 aliphatic rings. The van der Waals surface area contributed by atoms with E-state index >= 15 is 0 Å². The van der Waals surface area contributed by atoms with Crippen molar-refractivity contribution in [1.82, 2.24) is 10.3 Å². The van der Waals surface area contributed by atoms with Gasteiger partial charge in [-0.05, 0) is 30.3 Å². The predicted molar refractivity (Wildman–Crippen MR) is 89.5 cm³/mol. The number of pyridine rings is 1. The highest BCUT2D eigenvalue weighted by molar-refractivity contribution is 5.95. The number of nitrogens with zero attached hydrogens (tertiary/aromatic N) is 1. The number of carbonyl (C=O) groups excluding carboxylic acids is 2. The maximum Gasteiger partial charge on any atom is 0.337 e. The smallest absolute Gasteiger partial charge is 0.337 e. The largest absolute Gasteiger partial charge is 0.465 e. The van der Waals surface area contributed by atoms with Gasteiger partial charge >= 0.3 is 5.97 Å². The normalized spacial score (nSPS) is 10.1. The number of esters is 1. The average Bonchev–Trinajstić information content (AvgIpc) is 2.61. The van der Waals surface area contributed by atoms with Crippen LogP contribution >= 0.6 is 0 Å². The maximum absolute atomic E-state index is 12.0. The van der Waals surface area contributed by atoms with Crippen molar-refractivity contribution in [3.05, 3.63) is 53.7 Å². The van der Waals surface area contributed by atoms with E-state index in [9.17, 15) is 9.59 Å². The molecule has 2 rings (SSSR count). The Morgan fingerprint density at radius 2 is 1.96 bits per heavy atom. The molecule has 0 bridgehead atoms. The summed E-state index contributed by atoms with van der Waals surface area (Å²) in [7, 11) is 2.90. The molecule has 0 aliphatic heterocycles. The summed E-state index contributed by atoms with van der Waals surface area (Å²) in [6.07, 6.45) is 1.54. The number of anilines is 2. The third-order valence-corrected chi connectivity index (χ3v) is 3.17. The maximum atomic E-state index is 12.0. The fourth-order valence-electron chi connectivity index (χ4n) is 2.00. The lowest BCUT2D eigenvalue weighted by Gasteiger charge is -2.09. The summed E-state index contributed by atoms with van der Waals surface area (Å²) in [5, 5.41) is 5.80. The lowest BCUT2D eigenvalue weighted by molar-refractivity contribution is 0.0600. The Labute approximate surface area is 140 Å². The van der Waals surface area contributed by atoms with Crippen LogP contribution < -0.4 is 10.6 Å². The van der Waals surface area contributed by atoms with Gasteiger partial charge in [0.1, 0.15) is 5.82 Å². The predicted octanol–water partition coefficient (Wildman–Crippen LogP) is 1.99. The van der Waals surface area contributed by atoms with Gasteiger partial charge in [0.25, 0.3) is 5.91 Å². The van der Waals surface area contributed by atoms with Crippen molar-refractivity contribution in [3.63, 3.8) is 0 Å². The Kier molecular flexibility index (Phi) is 6.27. The zero-order valence-corrected chi connectivity index (χ0v) is 13.5. The number of carbonyl (C=O) groups is 2. The fraction of sp³-hybridized carbons (Fsp3) is 0.235. The van der Waals surface area contributed by atoms with Gasteiger partial charge in [0.05, 0.1) is 19.3 Å². The zero-order chi connectivity index (χ0) is 17.4. The number of aromatic nitrogens is 1. The van der Waals surface area contributed by atoms with Crippen LogP contribution in [0.5, 0.6) is 0 Å². The number of hydrogen-bond donors (Lipinski definition) is 2. The highest BCUT2D eigenvalue weighted by atomic mass is 16.5. The molecule has 0 spiro atoms. The molecule has 0 saturated heterocycles. The zero-order valence-electron chi connectivity index (χ0n) is 13.5. The molecule has 126 valence electrons. The molecule has 0 fully saturated rings. The number of rotatable bonds is 7. The van der Waals surface area contributed by atoms with Crippen molar-refractivity contribution < 1.29 is 19.1 Å². The molecular formula is C17H19N3O4. The van der Waals surface area contributed by atoms with E-state index in [1.54, 1.807) is 43.5 Å². The molecule has 0 atom stereocenters. The Morgan fingerprint density at radius 3 is 2.71 bits per heavy atom. The lowest BCUT2D eigenvalue weighted by atomic mass is 10.2. The van der Waals surface area contributed by atoms with Crippen molar-refractivity contribution in [2.24, 2.45) is 0 Å². The number of benzene rings is 1. The van der Waals surface area contributed by atoms with E-state index in [1.165, 1.54) is 13.3 Å². The van der Waals surface area contributed by atoms with Gasteiger partial charge in [-0.3, -0.25) is 4.79 Å². The minimum Gasteiger partial charge on any atom is -0.465 e. The van der Waals surface area contributed by atoms with Crippen molar-refractivity contribution in [2.75, 3.05) is 32.7 Å². The van der Waals surface area contributed by atoms with Gasteiger partial charge < -0.3 is 20.1 Å². The highest BCUT2D eigenvalue weighted by Crippen LogP contribution is 2.17. The molecule has 1 amide bonds. The molecule has 0 radical (unpaired) electrons.